The van der Waals surface area contributed by atoms with Crippen molar-refractivity contribution in [3.8, 4) is 17.2 Å². The molecule has 0 aliphatic carbocycles. The van der Waals surface area contributed by atoms with Crippen LogP contribution in [0.3, 0.4) is 0 Å². The summed E-state index contributed by atoms with van der Waals surface area (Å²) in [5.74, 6) is 2.31. The number of nitrogens with zero attached hydrogens (tertiary/aromatic N) is 4. The van der Waals surface area contributed by atoms with Crippen molar-refractivity contribution >= 4 is 0 Å². The highest BCUT2D eigenvalue weighted by molar-refractivity contribution is 5.39. The van der Waals surface area contributed by atoms with Crippen LogP contribution in [-0.4, -0.2) is 26.8 Å². The molecule has 0 fully saturated rings. The van der Waals surface area contributed by atoms with Gasteiger partial charge in [0.2, 0.25) is 0 Å². The number of tetrazole rings is 1. The van der Waals surface area contributed by atoms with Crippen LogP contribution >= 0.6 is 0 Å². The van der Waals surface area contributed by atoms with E-state index in [0.29, 0.717) is 13.0 Å². The number of aromatic nitrogens is 4. The van der Waals surface area contributed by atoms with Gasteiger partial charge in [-0.15, -0.1) is 5.10 Å². The first-order valence-electron chi connectivity index (χ1n) is 6.67. The van der Waals surface area contributed by atoms with Crippen LogP contribution in [0.5, 0.6) is 11.5 Å². The molecule has 0 bridgehead atoms. The van der Waals surface area contributed by atoms with Gasteiger partial charge in [-0.1, -0.05) is 18.2 Å². The lowest BCUT2D eigenvalue weighted by Gasteiger charge is -2.07. The van der Waals surface area contributed by atoms with Crippen LogP contribution in [0, 0.1) is 0 Å². The number of para-hydroxylation sites is 1. The Morgan fingerprint density at radius 3 is 2.38 bits per heavy atom. The van der Waals surface area contributed by atoms with Gasteiger partial charge in [0.05, 0.1) is 5.69 Å². The number of rotatable bonds is 5. The number of nitrogens with two attached hydrogens (primary N) is 1. The molecule has 3 rings (SSSR count). The maximum absolute atomic E-state index is 5.75. The second-order valence-corrected chi connectivity index (χ2v) is 4.45. The number of hydrogen-bond donors (Lipinski definition) is 1. The van der Waals surface area contributed by atoms with Gasteiger partial charge in [-0.2, -0.15) is 4.68 Å². The van der Waals surface area contributed by atoms with E-state index in [0.717, 1.165) is 23.0 Å². The van der Waals surface area contributed by atoms with Gasteiger partial charge in [-0.25, -0.2) is 0 Å². The second-order valence-electron chi connectivity index (χ2n) is 4.45. The highest BCUT2D eigenvalue weighted by Gasteiger charge is 2.07. The summed E-state index contributed by atoms with van der Waals surface area (Å²) in [6.07, 6.45) is 0.634. The molecular weight excluding hydrogens is 266 g/mol. The van der Waals surface area contributed by atoms with Crippen LogP contribution in [0.25, 0.3) is 5.69 Å². The summed E-state index contributed by atoms with van der Waals surface area (Å²) in [5.41, 5.74) is 6.43. The summed E-state index contributed by atoms with van der Waals surface area (Å²) >= 11 is 0. The Bertz CT molecular complexity index is 694. The molecule has 0 amide bonds. The second kappa shape index (κ2) is 6.15. The zero-order valence-corrected chi connectivity index (χ0v) is 11.4. The first-order valence-corrected chi connectivity index (χ1v) is 6.67. The number of benzene rings is 2. The smallest absolute Gasteiger partial charge is 0.157 e. The standard InChI is InChI=1S/C15H15N5O/c16-11-10-15-17-18-19-20(15)12-6-8-14(9-7-12)21-13-4-2-1-3-5-13/h1-9H,10-11,16H2. The first kappa shape index (κ1) is 13.3. The highest BCUT2D eigenvalue weighted by atomic mass is 16.5. The van der Waals surface area contributed by atoms with Crippen molar-refractivity contribution in [1.29, 1.82) is 0 Å². The van der Waals surface area contributed by atoms with Crippen molar-refractivity contribution in [3.05, 3.63) is 60.4 Å². The third-order valence-electron chi connectivity index (χ3n) is 2.96. The minimum absolute atomic E-state index is 0.509. The number of ether oxygens (including phenoxy) is 1. The van der Waals surface area contributed by atoms with Crippen LogP contribution in [0.15, 0.2) is 54.6 Å². The molecule has 6 nitrogen and oxygen atoms in total. The fraction of sp³-hybridized carbons (Fsp3) is 0.133. The topological polar surface area (TPSA) is 78.9 Å². The lowest BCUT2D eigenvalue weighted by Crippen LogP contribution is -2.09. The summed E-state index contributed by atoms with van der Waals surface area (Å²) in [4.78, 5) is 0. The van der Waals surface area contributed by atoms with E-state index in [2.05, 4.69) is 15.5 Å². The monoisotopic (exact) mass is 281 g/mol. The van der Waals surface area contributed by atoms with Crippen LogP contribution in [0.2, 0.25) is 0 Å². The van der Waals surface area contributed by atoms with E-state index < -0.39 is 0 Å². The summed E-state index contributed by atoms with van der Waals surface area (Å²) in [6.45, 7) is 0.509. The summed E-state index contributed by atoms with van der Waals surface area (Å²) in [6, 6.07) is 17.2. The molecule has 0 atom stereocenters. The maximum Gasteiger partial charge on any atom is 0.157 e. The van der Waals surface area contributed by atoms with Gasteiger partial charge in [0, 0.05) is 6.42 Å². The van der Waals surface area contributed by atoms with Crippen molar-refractivity contribution in [2.24, 2.45) is 5.73 Å². The molecule has 0 unspecified atom stereocenters. The summed E-state index contributed by atoms with van der Waals surface area (Å²) in [7, 11) is 0. The summed E-state index contributed by atoms with van der Waals surface area (Å²) in [5, 5.41) is 11.6. The molecule has 21 heavy (non-hydrogen) atoms. The van der Waals surface area contributed by atoms with E-state index in [1.807, 2.05) is 54.6 Å². The maximum atomic E-state index is 5.75. The van der Waals surface area contributed by atoms with Crippen molar-refractivity contribution in [2.45, 2.75) is 6.42 Å². The SMILES string of the molecule is NCCc1nnnn1-c1ccc(Oc2ccccc2)cc1. The van der Waals surface area contributed by atoms with Crippen molar-refractivity contribution < 1.29 is 4.74 Å². The Labute approximate surface area is 122 Å². The molecule has 0 saturated heterocycles. The molecule has 0 saturated carbocycles. The molecule has 106 valence electrons. The molecule has 2 aromatic carbocycles. The molecule has 0 aliphatic rings. The first-order chi connectivity index (χ1) is 10.4. The molecule has 2 N–H and O–H groups in total. The molecule has 1 aromatic heterocycles. The highest BCUT2D eigenvalue weighted by Crippen LogP contribution is 2.22. The van der Waals surface area contributed by atoms with Crippen molar-refractivity contribution in [2.75, 3.05) is 6.54 Å². The Balaban J connectivity index is 1.79. The van der Waals surface area contributed by atoms with Crippen molar-refractivity contribution in [3.63, 3.8) is 0 Å². The minimum atomic E-state index is 0.509. The van der Waals surface area contributed by atoms with Gasteiger partial charge in [0.1, 0.15) is 11.5 Å². The van der Waals surface area contributed by atoms with E-state index >= 15 is 0 Å². The average molecular weight is 281 g/mol. The van der Waals surface area contributed by atoms with Crippen LogP contribution in [0.1, 0.15) is 5.82 Å². The van der Waals surface area contributed by atoms with E-state index in [9.17, 15) is 0 Å². The zero-order chi connectivity index (χ0) is 14.5. The lowest BCUT2D eigenvalue weighted by molar-refractivity contribution is 0.482. The fourth-order valence-electron chi connectivity index (χ4n) is 1.97. The molecule has 0 radical (unpaired) electrons. The third kappa shape index (κ3) is 3.06. The van der Waals surface area contributed by atoms with Gasteiger partial charge in [0.25, 0.3) is 0 Å². The predicted molar refractivity (Wildman–Crippen MR) is 78.4 cm³/mol. The van der Waals surface area contributed by atoms with Crippen LogP contribution in [0.4, 0.5) is 0 Å². The van der Waals surface area contributed by atoms with Gasteiger partial charge in [-0.05, 0) is 53.4 Å². The molecule has 3 aromatic rings. The number of hydrogen-bond acceptors (Lipinski definition) is 5. The molecule has 0 spiro atoms. The van der Waals surface area contributed by atoms with Crippen LogP contribution in [-0.2, 0) is 6.42 Å². The molecule has 1 heterocycles. The Hall–Kier alpha value is -2.73. The van der Waals surface area contributed by atoms with E-state index in [1.54, 1.807) is 4.68 Å². The van der Waals surface area contributed by atoms with Gasteiger partial charge < -0.3 is 10.5 Å². The van der Waals surface area contributed by atoms with E-state index in [-0.39, 0.29) is 0 Å². The van der Waals surface area contributed by atoms with Gasteiger partial charge in [-0.3, -0.25) is 0 Å². The normalized spacial score (nSPS) is 10.5. The van der Waals surface area contributed by atoms with Gasteiger partial charge in [0.15, 0.2) is 5.82 Å². The van der Waals surface area contributed by atoms with Crippen LogP contribution < -0.4 is 10.5 Å². The van der Waals surface area contributed by atoms with Crippen molar-refractivity contribution in [1.82, 2.24) is 20.2 Å². The fourth-order valence-corrected chi connectivity index (χ4v) is 1.97. The summed E-state index contributed by atoms with van der Waals surface area (Å²) < 4.78 is 7.43. The largest absolute Gasteiger partial charge is 0.457 e. The lowest BCUT2D eigenvalue weighted by atomic mass is 10.3. The van der Waals surface area contributed by atoms with E-state index in [4.69, 9.17) is 10.5 Å². The van der Waals surface area contributed by atoms with Gasteiger partial charge >= 0.3 is 0 Å². The molecular formula is C15H15N5O. The average Bonchev–Trinajstić information content (AvgIpc) is 2.98. The quantitative estimate of drug-likeness (QED) is 0.773. The Kier molecular flexibility index (Phi) is 3.88. The predicted octanol–water partition coefficient (Wildman–Crippen LogP) is 1.96. The third-order valence-corrected chi connectivity index (χ3v) is 2.96. The minimum Gasteiger partial charge on any atom is -0.457 e. The zero-order valence-electron chi connectivity index (χ0n) is 11.4. The Morgan fingerprint density at radius 2 is 1.67 bits per heavy atom. The van der Waals surface area contributed by atoms with E-state index in [1.165, 1.54) is 0 Å². The Morgan fingerprint density at radius 1 is 0.952 bits per heavy atom. The molecule has 0 aliphatic heterocycles. The molecule has 6 heteroatoms.